The fourth-order valence-corrected chi connectivity index (χ4v) is 1.61. The maximum atomic E-state index is 9.70. The predicted octanol–water partition coefficient (Wildman–Crippen LogP) is 3.24. The Kier molecular flexibility index (Phi) is 2.14. The third-order valence-corrected chi connectivity index (χ3v) is 2.61. The largest absolute Gasteiger partial charge is 0.506 e. The van der Waals surface area contributed by atoms with Crippen LogP contribution in [0.1, 0.15) is 26.3 Å². The molecule has 0 aliphatic rings. The second-order valence-corrected chi connectivity index (χ2v) is 4.84. The Bertz CT molecular complexity index is 497. The lowest BCUT2D eigenvalue weighted by molar-refractivity contribution is 0.479. The Morgan fingerprint density at radius 1 is 1.13 bits per heavy atom. The van der Waals surface area contributed by atoms with E-state index in [0.717, 1.165) is 10.8 Å². The van der Waals surface area contributed by atoms with Crippen LogP contribution in [-0.4, -0.2) is 10.1 Å². The number of hydrogen-bond donors (Lipinski definition) is 1. The van der Waals surface area contributed by atoms with E-state index in [1.165, 1.54) is 11.8 Å². The number of hydrogen-bond acceptors (Lipinski definition) is 2. The van der Waals surface area contributed by atoms with Crippen molar-refractivity contribution in [1.82, 2.24) is 4.98 Å². The first kappa shape index (κ1) is 9.97. The topological polar surface area (TPSA) is 33.1 Å². The van der Waals surface area contributed by atoms with E-state index >= 15 is 0 Å². The van der Waals surface area contributed by atoms with Gasteiger partial charge in [0, 0.05) is 17.0 Å². The molecule has 0 fully saturated rings. The van der Waals surface area contributed by atoms with Crippen molar-refractivity contribution in [3.63, 3.8) is 0 Å². The molecule has 0 saturated heterocycles. The van der Waals surface area contributed by atoms with Gasteiger partial charge in [-0.05, 0) is 17.0 Å². The fourth-order valence-electron chi connectivity index (χ4n) is 1.61. The molecule has 0 unspecified atom stereocenters. The molecule has 1 heterocycles. The normalized spacial score (nSPS) is 11.9. The molecule has 0 bridgehead atoms. The molecule has 0 aliphatic heterocycles. The lowest BCUT2D eigenvalue weighted by atomic mass is 9.86. The zero-order chi connectivity index (χ0) is 11.1. The van der Waals surface area contributed by atoms with E-state index in [9.17, 15) is 5.11 Å². The van der Waals surface area contributed by atoms with Crippen LogP contribution in [0.15, 0.2) is 30.6 Å². The van der Waals surface area contributed by atoms with Crippen molar-refractivity contribution in [2.75, 3.05) is 0 Å². The zero-order valence-electron chi connectivity index (χ0n) is 9.28. The van der Waals surface area contributed by atoms with Crippen molar-refractivity contribution < 1.29 is 5.11 Å². The first-order valence-electron chi connectivity index (χ1n) is 5.06. The Labute approximate surface area is 89.6 Å². The number of aromatic hydroxyl groups is 1. The van der Waals surface area contributed by atoms with Gasteiger partial charge in [0.05, 0.1) is 6.20 Å². The number of pyridine rings is 1. The molecule has 1 N–H and O–H groups in total. The van der Waals surface area contributed by atoms with Crippen LogP contribution in [0.4, 0.5) is 0 Å². The van der Waals surface area contributed by atoms with Crippen molar-refractivity contribution in [3.8, 4) is 5.75 Å². The van der Waals surface area contributed by atoms with Crippen LogP contribution in [0.3, 0.4) is 0 Å². The molecule has 0 spiro atoms. The number of rotatable bonds is 0. The highest BCUT2D eigenvalue weighted by Gasteiger charge is 2.14. The number of benzene rings is 1. The fraction of sp³-hybridized carbons (Fsp3) is 0.308. The van der Waals surface area contributed by atoms with Gasteiger partial charge in [0.15, 0.2) is 0 Å². The second-order valence-electron chi connectivity index (χ2n) is 4.84. The summed E-state index contributed by atoms with van der Waals surface area (Å²) in [6.45, 7) is 6.48. The van der Waals surface area contributed by atoms with Crippen molar-refractivity contribution in [2.24, 2.45) is 0 Å². The van der Waals surface area contributed by atoms with Gasteiger partial charge in [-0.15, -0.1) is 0 Å². The molecular formula is C13H15NO. The molecule has 2 rings (SSSR count). The summed E-state index contributed by atoms with van der Waals surface area (Å²) < 4.78 is 0. The minimum Gasteiger partial charge on any atom is -0.506 e. The maximum absolute atomic E-state index is 9.70. The molecule has 0 atom stereocenters. The standard InChI is InChI=1S/C13H15NO/c1-13(2,3)10-5-4-9-7-14-8-12(15)11(9)6-10/h4-8,15H,1-3H3. The minimum absolute atomic E-state index is 0.101. The third-order valence-electron chi connectivity index (χ3n) is 2.61. The van der Waals surface area contributed by atoms with Crippen molar-refractivity contribution >= 4 is 10.8 Å². The van der Waals surface area contributed by atoms with Gasteiger partial charge in [-0.25, -0.2) is 0 Å². The highest BCUT2D eigenvalue weighted by Crippen LogP contribution is 2.29. The highest BCUT2D eigenvalue weighted by molar-refractivity contribution is 5.87. The van der Waals surface area contributed by atoms with Crippen LogP contribution in [0, 0.1) is 0 Å². The Balaban J connectivity index is 2.70. The molecule has 0 amide bonds. The Hall–Kier alpha value is -1.57. The van der Waals surface area contributed by atoms with Crippen molar-refractivity contribution in [1.29, 1.82) is 0 Å². The maximum Gasteiger partial charge on any atom is 0.141 e. The summed E-state index contributed by atoms with van der Waals surface area (Å²) in [5.74, 6) is 0.249. The van der Waals surface area contributed by atoms with E-state index in [4.69, 9.17) is 0 Å². The minimum atomic E-state index is 0.101. The van der Waals surface area contributed by atoms with Crippen LogP contribution in [-0.2, 0) is 5.41 Å². The third kappa shape index (κ3) is 1.80. The Morgan fingerprint density at radius 3 is 2.53 bits per heavy atom. The van der Waals surface area contributed by atoms with Gasteiger partial charge in [-0.3, -0.25) is 4.98 Å². The highest BCUT2D eigenvalue weighted by atomic mass is 16.3. The van der Waals surface area contributed by atoms with Crippen LogP contribution < -0.4 is 0 Å². The monoisotopic (exact) mass is 201 g/mol. The molecule has 2 heteroatoms. The Morgan fingerprint density at radius 2 is 1.87 bits per heavy atom. The summed E-state index contributed by atoms with van der Waals surface area (Å²) in [6, 6.07) is 6.12. The van der Waals surface area contributed by atoms with E-state index in [2.05, 4.69) is 31.8 Å². The van der Waals surface area contributed by atoms with Gasteiger partial charge in [0.1, 0.15) is 5.75 Å². The molecule has 0 radical (unpaired) electrons. The molecule has 0 saturated carbocycles. The van der Waals surface area contributed by atoms with Crippen LogP contribution in [0.25, 0.3) is 10.8 Å². The molecule has 0 aliphatic carbocycles. The average molecular weight is 201 g/mol. The van der Waals surface area contributed by atoms with Crippen LogP contribution in [0.2, 0.25) is 0 Å². The van der Waals surface area contributed by atoms with Crippen LogP contribution >= 0.6 is 0 Å². The molecule has 2 nitrogen and oxygen atoms in total. The van der Waals surface area contributed by atoms with Gasteiger partial charge >= 0.3 is 0 Å². The SMILES string of the molecule is CC(C)(C)c1ccc2cncc(O)c2c1. The number of nitrogens with zero attached hydrogens (tertiary/aromatic N) is 1. The summed E-state index contributed by atoms with van der Waals surface area (Å²) >= 11 is 0. The van der Waals surface area contributed by atoms with E-state index < -0.39 is 0 Å². The lowest BCUT2D eigenvalue weighted by Gasteiger charge is -2.19. The molecule has 78 valence electrons. The van der Waals surface area contributed by atoms with E-state index in [1.807, 2.05) is 12.1 Å². The second kappa shape index (κ2) is 3.23. The van der Waals surface area contributed by atoms with Crippen LogP contribution in [0.5, 0.6) is 5.75 Å². The summed E-state index contributed by atoms with van der Waals surface area (Å²) in [5, 5.41) is 11.5. The van der Waals surface area contributed by atoms with Gasteiger partial charge < -0.3 is 5.11 Å². The molecular weight excluding hydrogens is 186 g/mol. The average Bonchev–Trinajstić information content (AvgIpc) is 2.16. The first-order valence-corrected chi connectivity index (χ1v) is 5.06. The van der Waals surface area contributed by atoms with Crippen molar-refractivity contribution in [2.45, 2.75) is 26.2 Å². The van der Waals surface area contributed by atoms with E-state index in [1.54, 1.807) is 6.20 Å². The van der Waals surface area contributed by atoms with E-state index in [-0.39, 0.29) is 11.2 Å². The lowest BCUT2D eigenvalue weighted by Crippen LogP contribution is -2.10. The molecule has 1 aromatic heterocycles. The van der Waals surface area contributed by atoms with Gasteiger partial charge in [0.25, 0.3) is 0 Å². The summed E-state index contributed by atoms with van der Waals surface area (Å²) in [5.41, 5.74) is 1.32. The quantitative estimate of drug-likeness (QED) is 0.709. The van der Waals surface area contributed by atoms with Crippen molar-refractivity contribution in [3.05, 3.63) is 36.2 Å². The zero-order valence-corrected chi connectivity index (χ0v) is 9.28. The summed E-state index contributed by atoms with van der Waals surface area (Å²) in [7, 11) is 0. The van der Waals surface area contributed by atoms with E-state index in [0.29, 0.717) is 0 Å². The number of fused-ring (bicyclic) bond motifs is 1. The molecule has 15 heavy (non-hydrogen) atoms. The van der Waals surface area contributed by atoms with Gasteiger partial charge in [-0.1, -0.05) is 32.9 Å². The smallest absolute Gasteiger partial charge is 0.141 e. The molecule has 1 aromatic carbocycles. The first-order chi connectivity index (χ1) is 6.98. The number of aromatic nitrogens is 1. The van der Waals surface area contributed by atoms with Gasteiger partial charge in [-0.2, -0.15) is 0 Å². The van der Waals surface area contributed by atoms with Gasteiger partial charge in [0.2, 0.25) is 0 Å². The molecule has 2 aromatic rings. The summed E-state index contributed by atoms with van der Waals surface area (Å²) in [4.78, 5) is 3.95. The predicted molar refractivity (Wildman–Crippen MR) is 62.1 cm³/mol. The summed E-state index contributed by atoms with van der Waals surface area (Å²) in [6.07, 6.45) is 3.25.